The Morgan fingerprint density at radius 1 is 1.12 bits per heavy atom. The van der Waals surface area contributed by atoms with Crippen LogP contribution >= 0.6 is 0 Å². The van der Waals surface area contributed by atoms with Crippen molar-refractivity contribution in [3.63, 3.8) is 0 Å². The molecule has 2 rings (SSSR count). The summed E-state index contributed by atoms with van der Waals surface area (Å²) in [6.07, 6.45) is 0. The van der Waals surface area contributed by atoms with E-state index in [0.717, 1.165) is 5.56 Å². The molecule has 1 aromatic heterocycles. The van der Waals surface area contributed by atoms with E-state index in [1.54, 1.807) is 26.1 Å². The molecule has 0 atom stereocenters. The van der Waals surface area contributed by atoms with Crippen molar-refractivity contribution in [3.8, 4) is 11.3 Å². The summed E-state index contributed by atoms with van der Waals surface area (Å²) in [6, 6.07) is 8.65. The average Bonchev–Trinajstić information content (AvgIpc) is 2.33. The number of aromatic nitrogens is 2. The molecule has 0 aliphatic heterocycles. The van der Waals surface area contributed by atoms with E-state index in [4.69, 9.17) is 0 Å². The summed E-state index contributed by atoms with van der Waals surface area (Å²) in [5, 5.41) is 10.8. The molecule has 0 aliphatic rings. The first-order valence-electron chi connectivity index (χ1n) is 4.98. The Labute approximate surface area is 93.3 Å². The van der Waals surface area contributed by atoms with Crippen LogP contribution in [0.2, 0.25) is 0 Å². The van der Waals surface area contributed by atoms with Crippen LogP contribution in [0.15, 0.2) is 30.3 Å². The number of halogens is 1. The zero-order valence-electron chi connectivity index (χ0n) is 9.16. The standard InChI is InChI=1S/C12H12FN3/c1-8-3-4-9(7-10(8)13)11-5-6-12(14-2)16-15-11/h3-7H,1-2H3,(H,14,16). The van der Waals surface area contributed by atoms with Crippen molar-refractivity contribution in [2.24, 2.45) is 0 Å². The predicted molar refractivity (Wildman–Crippen MR) is 61.7 cm³/mol. The van der Waals surface area contributed by atoms with Gasteiger partial charge in [0.1, 0.15) is 11.6 Å². The normalized spacial score (nSPS) is 10.2. The van der Waals surface area contributed by atoms with E-state index in [1.165, 1.54) is 6.07 Å². The molecule has 0 amide bonds. The maximum Gasteiger partial charge on any atom is 0.148 e. The minimum Gasteiger partial charge on any atom is -0.372 e. The smallest absolute Gasteiger partial charge is 0.148 e. The van der Waals surface area contributed by atoms with Crippen LogP contribution in [0.4, 0.5) is 10.2 Å². The van der Waals surface area contributed by atoms with Gasteiger partial charge in [-0.05, 0) is 30.7 Å². The lowest BCUT2D eigenvalue weighted by atomic mass is 10.1. The molecule has 0 unspecified atom stereocenters. The molecule has 0 aliphatic carbocycles. The molecule has 0 saturated carbocycles. The molecular weight excluding hydrogens is 205 g/mol. The zero-order valence-corrected chi connectivity index (χ0v) is 9.16. The van der Waals surface area contributed by atoms with E-state index >= 15 is 0 Å². The highest BCUT2D eigenvalue weighted by Crippen LogP contribution is 2.19. The van der Waals surface area contributed by atoms with Crippen molar-refractivity contribution < 1.29 is 4.39 Å². The summed E-state index contributed by atoms with van der Waals surface area (Å²) in [4.78, 5) is 0. The molecular formula is C12H12FN3. The van der Waals surface area contributed by atoms with Crippen LogP contribution in [0, 0.1) is 12.7 Å². The van der Waals surface area contributed by atoms with Gasteiger partial charge in [0.05, 0.1) is 5.69 Å². The van der Waals surface area contributed by atoms with E-state index in [0.29, 0.717) is 17.1 Å². The van der Waals surface area contributed by atoms with E-state index in [9.17, 15) is 4.39 Å². The number of benzene rings is 1. The molecule has 2 aromatic rings. The van der Waals surface area contributed by atoms with Gasteiger partial charge in [-0.15, -0.1) is 10.2 Å². The first-order chi connectivity index (χ1) is 7.70. The van der Waals surface area contributed by atoms with Crippen molar-refractivity contribution in [1.29, 1.82) is 0 Å². The van der Waals surface area contributed by atoms with Gasteiger partial charge < -0.3 is 5.32 Å². The number of hydrogen-bond acceptors (Lipinski definition) is 3. The third-order valence-electron chi connectivity index (χ3n) is 2.39. The highest BCUT2D eigenvalue weighted by Gasteiger charge is 2.03. The summed E-state index contributed by atoms with van der Waals surface area (Å²) in [7, 11) is 1.77. The molecule has 0 saturated heterocycles. The van der Waals surface area contributed by atoms with Gasteiger partial charge in [-0.2, -0.15) is 0 Å². The Kier molecular flexibility index (Phi) is 2.81. The molecule has 0 fully saturated rings. The predicted octanol–water partition coefficient (Wildman–Crippen LogP) is 2.63. The van der Waals surface area contributed by atoms with Gasteiger partial charge in [-0.3, -0.25) is 0 Å². The maximum atomic E-state index is 13.3. The van der Waals surface area contributed by atoms with Gasteiger partial charge in [0.25, 0.3) is 0 Å². The highest BCUT2D eigenvalue weighted by molar-refractivity contribution is 5.60. The third-order valence-corrected chi connectivity index (χ3v) is 2.39. The van der Waals surface area contributed by atoms with Gasteiger partial charge in [0, 0.05) is 12.6 Å². The van der Waals surface area contributed by atoms with Crippen LogP contribution in [0.3, 0.4) is 0 Å². The first kappa shape index (κ1) is 10.5. The summed E-state index contributed by atoms with van der Waals surface area (Å²) >= 11 is 0. The number of rotatable bonds is 2. The SMILES string of the molecule is CNc1ccc(-c2ccc(C)c(F)c2)nn1. The van der Waals surface area contributed by atoms with Crippen LogP contribution in [-0.4, -0.2) is 17.2 Å². The molecule has 4 heteroatoms. The van der Waals surface area contributed by atoms with E-state index in [1.807, 2.05) is 12.1 Å². The summed E-state index contributed by atoms with van der Waals surface area (Å²) in [5.41, 5.74) is 2.03. The lowest BCUT2D eigenvalue weighted by molar-refractivity contribution is 0.619. The summed E-state index contributed by atoms with van der Waals surface area (Å²) in [5.74, 6) is 0.466. The zero-order chi connectivity index (χ0) is 11.5. The molecule has 0 bridgehead atoms. The van der Waals surface area contributed by atoms with Crippen LogP contribution in [0.5, 0.6) is 0 Å². The van der Waals surface area contributed by atoms with Crippen LogP contribution < -0.4 is 5.32 Å². The Balaban J connectivity index is 2.38. The van der Waals surface area contributed by atoms with Crippen LogP contribution in [0.1, 0.15) is 5.56 Å². The number of aryl methyl sites for hydroxylation is 1. The molecule has 1 heterocycles. The first-order valence-corrected chi connectivity index (χ1v) is 4.98. The van der Waals surface area contributed by atoms with Crippen molar-refractivity contribution in [2.45, 2.75) is 6.92 Å². The van der Waals surface area contributed by atoms with Crippen molar-refractivity contribution >= 4 is 5.82 Å². The van der Waals surface area contributed by atoms with Crippen molar-refractivity contribution in [2.75, 3.05) is 12.4 Å². The quantitative estimate of drug-likeness (QED) is 0.840. The maximum absolute atomic E-state index is 13.3. The van der Waals surface area contributed by atoms with Crippen LogP contribution in [0.25, 0.3) is 11.3 Å². The van der Waals surface area contributed by atoms with Gasteiger partial charge in [0.2, 0.25) is 0 Å². The summed E-state index contributed by atoms with van der Waals surface area (Å²) in [6.45, 7) is 1.73. The minimum atomic E-state index is -0.225. The number of anilines is 1. The molecule has 1 N–H and O–H groups in total. The number of nitrogens with one attached hydrogen (secondary N) is 1. The summed E-state index contributed by atoms with van der Waals surface area (Å²) < 4.78 is 13.3. The van der Waals surface area contributed by atoms with Gasteiger partial charge in [-0.25, -0.2) is 4.39 Å². The third kappa shape index (κ3) is 2.00. The fourth-order valence-electron chi connectivity index (χ4n) is 1.37. The largest absolute Gasteiger partial charge is 0.372 e. The Bertz CT molecular complexity index is 494. The molecule has 1 aromatic carbocycles. The van der Waals surface area contributed by atoms with Crippen LogP contribution in [-0.2, 0) is 0 Å². The Morgan fingerprint density at radius 3 is 2.50 bits per heavy atom. The van der Waals surface area contributed by atoms with E-state index in [2.05, 4.69) is 15.5 Å². The van der Waals surface area contributed by atoms with Gasteiger partial charge in [0.15, 0.2) is 0 Å². The van der Waals surface area contributed by atoms with Crippen molar-refractivity contribution in [1.82, 2.24) is 10.2 Å². The second kappa shape index (κ2) is 4.26. The molecule has 0 spiro atoms. The topological polar surface area (TPSA) is 37.8 Å². The lowest BCUT2D eigenvalue weighted by Gasteiger charge is -2.03. The number of hydrogen-bond donors (Lipinski definition) is 1. The molecule has 16 heavy (non-hydrogen) atoms. The minimum absolute atomic E-state index is 0.225. The van der Waals surface area contributed by atoms with Gasteiger partial charge in [-0.1, -0.05) is 12.1 Å². The molecule has 3 nitrogen and oxygen atoms in total. The average molecular weight is 217 g/mol. The fraction of sp³-hybridized carbons (Fsp3) is 0.167. The van der Waals surface area contributed by atoms with Crippen molar-refractivity contribution in [3.05, 3.63) is 41.7 Å². The van der Waals surface area contributed by atoms with Gasteiger partial charge >= 0.3 is 0 Å². The number of nitrogens with zero attached hydrogens (tertiary/aromatic N) is 2. The highest BCUT2D eigenvalue weighted by atomic mass is 19.1. The Morgan fingerprint density at radius 2 is 1.94 bits per heavy atom. The second-order valence-electron chi connectivity index (χ2n) is 3.52. The molecule has 82 valence electrons. The monoisotopic (exact) mass is 217 g/mol. The Hall–Kier alpha value is -1.97. The second-order valence-corrected chi connectivity index (χ2v) is 3.52. The van der Waals surface area contributed by atoms with E-state index < -0.39 is 0 Å². The fourth-order valence-corrected chi connectivity index (χ4v) is 1.37. The lowest BCUT2D eigenvalue weighted by Crippen LogP contribution is -1.95. The van der Waals surface area contributed by atoms with E-state index in [-0.39, 0.29) is 5.82 Å². The molecule has 0 radical (unpaired) electrons.